The molecule has 70 valence electrons. The van der Waals surface area contributed by atoms with E-state index in [1.165, 1.54) is 0 Å². The van der Waals surface area contributed by atoms with Crippen molar-refractivity contribution in [2.45, 2.75) is 38.8 Å². The quantitative estimate of drug-likeness (QED) is 0.581. The van der Waals surface area contributed by atoms with E-state index in [1.807, 2.05) is 20.9 Å². The molecule has 0 bridgehead atoms. The molecular formula is C9H17NO2. The molecule has 0 aromatic rings. The molecular weight excluding hydrogens is 154 g/mol. The van der Waals surface area contributed by atoms with E-state index in [4.69, 9.17) is 4.74 Å². The van der Waals surface area contributed by atoms with Crippen molar-refractivity contribution in [2.75, 3.05) is 13.6 Å². The highest BCUT2D eigenvalue weighted by atomic mass is 16.5. The number of rotatable bonds is 2. The highest BCUT2D eigenvalue weighted by Gasteiger charge is 2.29. The second-order valence-electron chi connectivity index (χ2n) is 3.62. The van der Waals surface area contributed by atoms with Gasteiger partial charge in [0.1, 0.15) is 6.04 Å². The molecule has 3 nitrogen and oxygen atoms in total. The fourth-order valence-corrected chi connectivity index (χ4v) is 1.52. The molecule has 0 aliphatic carbocycles. The zero-order valence-electron chi connectivity index (χ0n) is 8.04. The molecule has 0 aromatic carbocycles. The first-order valence-electron chi connectivity index (χ1n) is 4.52. The van der Waals surface area contributed by atoms with Crippen molar-refractivity contribution in [2.24, 2.45) is 0 Å². The number of carbonyl (C=O) groups is 1. The Hall–Kier alpha value is -0.570. The van der Waals surface area contributed by atoms with Crippen molar-refractivity contribution in [3.63, 3.8) is 0 Å². The van der Waals surface area contributed by atoms with Crippen LogP contribution in [0.25, 0.3) is 0 Å². The van der Waals surface area contributed by atoms with Crippen molar-refractivity contribution in [1.82, 2.24) is 4.90 Å². The summed E-state index contributed by atoms with van der Waals surface area (Å²) in [6.07, 6.45) is 2.06. The summed E-state index contributed by atoms with van der Waals surface area (Å²) in [4.78, 5) is 13.5. The summed E-state index contributed by atoms with van der Waals surface area (Å²) in [7, 11) is 1.97. The Bertz CT molecular complexity index is 168. The minimum absolute atomic E-state index is 0.00602. The van der Waals surface area contributed by atoms with Crippen LogP contribution in [0, 0.1) is 0 Å². The SMILES string of the molecule is CC(C)OC(=O)[C@H]1CCCN1C. The monoisotopic (exact) mass is 171 g/mol. The fraction of sp³-hybridized carbons (Fsp3) is 0.889. The number of likely N-dealkylation sites (tertiary alicyclic amines) is 1. The fourth-order valence-electron chi connectivity index (χ4n) is 1.52. The lowest BCUT2D eigenvalue weighted by Crippen LogP contribution is -2.35. The first-order valence-corrected chi connectivity index (χ1v) is 4.52. The van der Waals surface area contributed by atoms with E-state index >= 15 is 0 Å². The molecule has 1 saturated heterocycles. The average Bonchev–Trinajstić information content (AvgIpc) is 2.33. The van der Waals surface area contributed by atoms with Gasteiger partial charge in [-0.1, -0.05) is 0 Å². The van der Waals surface area contributed by atoms with Crippen LogP contribution < -0.4 is 0 Å². The highest BCUT2D eigenvalue weighted by molar-refractivity contribution is 5.76. The minimum Gasteiger partial charge on any atom is -0.462 e. The molecule has 0 aromatic heterocycles. The summed E-state index contributed by atoms with van der Waals surface area (Å²) < 4.78 is 5.12. The molecule has 1 atom stereocenters. The maximum Gasteiger partial charge on any atom is 0.323 e. The van der Waals surface area contributed by atoms with E-state index in [0.29, 0.717) is 0 Å². The lowest BCUT2D eigenvalue weighted by molar-refractivity contribution is -0.152. The van der Waals surface area contributed by atoms with E-state index in [9.17, 15) is 4.79 Å². The minimum atomic E-state index is -0.0648. The topological polar surface area (TPSA) is 29.5 Å². The normalized spacial score (nSPS) is 24.8. The number of likely N-dealkylation sites (N-methyl/N-ethyl adjacent to an activating group) is 1. The first-order chi connectivity index (χ1) is 5.61. The number of carbonyl (C=O) groups excluding carboxylic acids is 1. The summed E-state index contributed by atoms with van der Waals surface area (Å²) in [5.41, 5.74) is 0. The zero-order chi connectivity index (χ0) is 9.14. The van der Waals surface area contributed by atoms with Crippen LogP contribution in [0.2, 0.25) is 0 Å². The molecule has 0 radical (unpaired) electrons. The average molecular weight is 171 g/mol. The number of hydrogen-bond acceptors (Lipinski definition) is 3. The van der Waals surface area contributed by atoms with Gasteiger partial charge in [-0.2, -0.15) is 0 Å². The van der Waals surface area contributed by atoms with Gasteiger partial charge in [0.05, 0.1) is 6.10 Å². The zero-order valence-corrected chi connectivity index (χ0v) is 8.04. The van der Waals surface area contributed by atoms with Gasteiger partial charge in [-0.05, 0) is 40.3 Å². The van der Waals surface area contributed by atoms with E-state index in [0.717, 1.165) is 19.4 Å². The third-order valence-corrected chi connectivity index (χ3v) is 2.14. The molecule has 1 fully saturated rings. The van der Waals surface area contributed by atoms with Crippen molar-refractivity contribution in [3.05, 3.63) is 0 Å². The predicted octanol–water partition coefficient (Wildman–Crippen LogP) is 1.03. The lowest BCUT2D eigenvalue weighted by Gasteiger charge is -2.19. The van der Waals surface area contributed by atoms with Crippen LogP contribution in [0.5, 0.6) is 0 Å². The van der Waals surface area contributed by atoms with Crippen molar-refractivity contribution in [1.29, 1.82) is 0 Å². The lowest BCUT2D eigenvalue weighted by atomic mass is 10.2. The third-order valence-electron chi connectivity index (χ3n) is 2.14. The maximum atomic E-state index is 11.4. The molecule has 12 heavy (non-hydrogen) atoms. The third kappa shape index (κ3) is 2.21. The summed E-state index contributed by atoms with van der Waals surface area (Å²) >= 11 is 0. The van der Waals surface area contributed by atoms with Crippen molar-refractivity contribution >= 4 is 5.97 Å². The van der Waals surface area contributed by atoms with Gasteiger partial charge in [-0.15, -0.1) is 0 Å². The Labute approximate surface area is 73.7 Å². The van der Waals surface area contributed by atoms with Gasteiger partial charge in [0.2, 0.25) is 0 Å². The summed E-state index contributed by atoms with van der Waals surface area (Å²) in [6, 6.07) is 0.00685. The number of hydrogen-bond donors (Lipinski definition) is 0. The molecule has 0 saturated carbocycles. The standard InChI is InChI=1S/C9H17NO2/c1-7(2)12-9(11)8-5-4-6-10(8)3/h7-8H,4-6H2,1-3H3/t8-/m1/s1. The molecule has 0 amide bonds. The molecule has 0 spiro atoms. The Kier molecular flexibility index (Phi) is 3.09. The Morgan fingerprint density at radius 1 is 1.58 bits per heavy atom. The van der Waals surface area contributed by atoms with Crippen LogP contribution in [-0.2, 0) is 9.53 Å². The van der Waals surface area contributed by atoms with E-state index < -0.39 is 0 Å². The Morgan fingerprint density at radius 3 is 2.67 bits per heavy atom. The first kappa shape index (κ1) is 9.52. The van der Waals surface area contributed by atoms with Gasteiger partial charge in [0.15, 0.2) is 0 Å². The molecule has 1 aliphatic heterocycles. The summed E-state index contributed by atoms with van der Waals surface area (Å²) in [5, 5.41) is 0. The second kappa shape index (κ2) is 3.90. The van der Waals surface area contributed by atoms with Crippen LogP contribution in [0.4, 0.5) is 0 Å². The largest absolute Gasteiger partial charge is 0.462 e. The molecule has 1 heterocycles. The maximum absolute atomic E-state index is 11.4. The highest BCUT2D eigenvalue weighted by Crippen LogP contribution is 2.16. The van der Waals surface area contributed by atoms with E-state index in [2.05, 4.69) is 4.90 Å². The van der Waals surface area contributed by atoms with Crippen LogP contribution >= 0.6 is 0 Å². The molecule has 3 heteroatoms. The molecule has 1 aliphatic rings. The van der Waals surface area contributed by atoms with Gasteiger partial charge < -0.3 is 4.74 Å². The van der Waals surface area contributed by atoms with Gasteiger partial charge >= 0.3 is 5.97 Å². The van der Waals surface area contributed by atoms with Crippen molar-refractivity contribution < 1.29 is 9.53 Å². The van der Waals surface area contributed by atoms with Crippen LogP contribution in [0.1, 0.15) is 26.7 Å². The van der Waals surface area contributed by atoms with Gasteiger partial charge in [0.25, 0.3) is 0 Å². The molecule has 0 unspecified atom stereocenters. The van der Waals surface area contributed by atoms with E-state index in [-0.39, 0.29) is 18.1 Å². The Morgan fingerprint density at radius 2 is 2.25 bits per heavy atom. The summed E-state index contributed by atoms with van der Waals surface area (Å²) in [6.45, 7) is 4.78. The summed E-state index contributed by atoms with van der Waals surface area (Å²) in [5.74, 6) is -0.0648. The number of nitrogens with zero attached hydrogens (tertiary/aromatic N) is 1. The van der Waals surface area contributed by atoms with E-state index in [1.54, 1.807) is 0 Å². The predicted molar refractivity (Wildman–Crippen MR) is 46.9 cm³/mol. The molecule has 0 N–H and O–H groups in total. The smallest absolute Gasteiger partial charge is 0.323 e. The van der Waals surface area contributed by atoms with Gasteiger partial charge in [-0.25, -0.2) is 0 Å². The van der Waals surface area contributed by atoms with Gasteiger partial charge in [0, 0.05) is 0 Å². The van der Waals surface area contributed by atoms with Crippen molar-refractivity contribution in [3.8, 4) is 0 Å². The van der Waals surface area contributed by atoms with Crippen LogP contribution in [0.15, 0.2) is 0 Å². The van der Waals surface area contributed by atoms with Crippen LogP contribution in [0.3, 0.4) is 0 Å². The number of ether oxygens (including phenoxy) is 1. The Balaban J connectivity index is 2.41. The van der Waals surface area contributed by atoms with Crippen LogP contribution in [-0.4, -0.2) is 36.6 Å². The second-order valence-corrected chi connectivity index (χ2v) is 3.62. The number of esters is 1. The molecule has 1 rings (SSSR count). The van der Waals surface area contributed by atoms with Gasteiger partial charge in [-0.3, -0.25) is 9.69 Å².